The topological polar surface area (TPSA) is 17.8 Å². The fourth-order valence-corrected chi connectivity index (χ4v) is 1.70. The summed E-state index contributed by atoms with van der Waals surface area (Å²) < 4.78 is 1.87. The number of rotatable bonds is 2. The number of halogens is 2. The van der Waals surface area contributed by atoms with Crippen molar-refractivity contribution in [3.05, 3.63) is 51.8 Å². The Bertz CT molecular complexity index is 477. The van der Waals surface area contributed by atoms with E-state index in [1.165, 1.54) is 0 Å². The highest BCUT2D eigenvalue weighted by Crippen LogP contribution is 2.22. The lowest BCUT2D eigenvalue weighted by molar-refractivity contribution is 0.679. The predicted molar refractivity (Wildman–Crippen MR) is 62.5 cm³/mol. The summed E-state index contributed by atoms with van der Waals surface area (Å²) in [6.45, 7) is 2.68. The molecule has 0 bridgehead atoms. The smallest absolute Gasteiger partial charge is 0.0660 e. The molecule has 1 heterocycles. The molecule has 78 valence electrons. The molecule has 2 rings (SSSR count). The molecular formula is C11H10Cl2N2. The van der Waals surface area contributed by atoms with Gasteiger partial charge in [-0.2, -0.15) is 5.10 Å². The fourth-order valence-electron chi connectivity index (χ4n) is 1.38. The molecule has 0 aliphatic heterocycles. The Morgan fingerprint density at radius 2 is 2.00 bits per heavy atom. The van der Waals surface area contributed by atoms with E-state index in [9.17, 15) is 0 Å². The summed E-state index contributed by atoms with van der Waals surface area (Å²) in [5, 5.41) is 5.46. The van der Waals surface area contributed by atoms with Gasteiger partial charge in [-0.1, -0.05) is 29.3 Å². The van der Waals surface area contributed by atoms with E-state index < -0.39 is 0 Å². The molecule has 0 amide bonds. The quantitative estimate of drug-likeness (QED) is 0.786. The third-order valence-electron chi connectivity index (χ3n) is 2.10. The molecule has 0 saturated heterocycles. The molecule has 0 fully saturated rings. The van der Waals surface area contributed by atoms with E-state index in [-0.39, 0.29) is 0 Å². The molecule has 0 spiro atoms. The summed E-state index contributed by atoms with van der Waals surface area (Å²) in [7, 11) is 0. The lowest BCUT2D eigenvalue weighted by Gasteiger charge is -2.03. The van der Waals surface area contributed by atoms with E-state index in [4.69, 9.17) is 23.2 Å². The minimum atomic E-state index is 0.581. The first-order valence-corrected chi connectivity index (χ1v) is 5.35. The maximum Gasteiger partial charge on any atom is 0.0660 e. The van der Waals surface area contributed by atoms with E-state index in [0.717, 1.165) is 11.3 Å². The molecule has 0 unspecified atom stereocenters. The van der Waals surface area contributed by atoms with Gasteiger partial charge >= 0.3 is 0 Å². The highest BCUT2D eigenvalue weighted by molar-refractivity contribution is 6.42. The summed E-state index contributed by atoms with van der Waals surface area (Å²) in [6.07, 6.45) is 1.94. The van der Waals surface area contributed by atoms with Gasteiger partial charge in [0, 0.05) is 6.20 Å². The second-order valence-corrected chi connectivity index (χ2v) is 4.22. The lowest BCUT2D eigenvalue weighted by Crippen LogP contribution is -2.00. The first-order valence-electron chi connectivity index (χ1n) is 4.59. The Labute approximate surface area is 98.4 Å². The number of aryl methyl sites for hydroxylation is 1. The number of benzene rings is 1. The Morgan fingerprint density at radius 1 is 1.20 bits per heavy atom. The Hall–Kier alpha value is -0.990. The van der Waals surface area contributed by atoms with Gasteiger partial charge in [-0.05, 0) is 30.7 Å². The zero-order valence-electron chi connectivity index (χ0n) is 8.24. The molecule has 0 atom stereocenters. The molecule has 0 N–H and O–H groups in total. The van der Waals surface area contributed by atoms with Crippen LogP contribution in [0.25, 0.3) is 0 Å². The summed E-state index contributed by atoms with van der Waals surface area (Å²) in [4.78, 5) is 0. The van der Waals surface area contributed by atoms with Crippen LogP contribution in [0.3, 0.4) is 0 Å². The summed E-state index contributed by atoms with van der Waals surface area (Å²) >= 11 is 11.8. The van der Waals surface area contributed by atoms with Crippen LogP contribution in [0, 0.1) is 6.92 Å². The maximum absolute atomic E-state index is 5.92. The van der Waals surface area contributed by atoms with Gasteiger partial charge in [-0.15, -0.1) is 0 Å². The first-order chi connectivity index (χ1) is 7.15. The Kier molecular flexibility index (Phi) is 2.98. The van der Waals surface area contributed by atoms with Gasteiger partial charge in [0.1, 0.15) is 0 Å². The van der Waals surface area contributed by atoms with Crippen molar-refractivity contribution in [1.82, 2.24) is 9.78 Å². The van der Waals surface area contributed by atoms with Crippen molar-refractivity contribution in [3.63, 3.8) is 0 Å². The molecule has 1 aromatic carbocycles. The third-order valence-corrected chi connectivity index (χ3v) is 2.84. The third kappa shape index (κ3) is 2.52. The highest BCUT2D eigenvalue weighted by atomic mass is 35.5. The Morgan fingerprint density at radius 3 is 2.60 bits per heavy atom. The van der Waals surface area contributed by atoms with Crippen molar-refractivity contribution < 1.29 is 0 Å². The van der Waals surface area contributed by atoms with Crippen LogP contribution < -0.4 is 0 Å². The second-order valence-electron chi connectivity index (χ2n) is 3.40. The molecule has 0 radical (unpaired) electrons. The zero-order chi connectivity index (χ0) is 10.8. The van der Waals surface area contributed by atoms with Crippen LogP contribution >= 0.6 is 23.2 Å². The lowest BCUT2D eigenvalue weighted by atomic mass is 10.2. The van der Waals surface area contributed by atoms with Crippen LogP contribution in [0.2, 0.25) is 10.0 Å². The first kappa shape index (κ1) is 10.5. The van der Waals surface area contributed by atoms with Gasteiger partial charge < -0.3 is 0 Å². The number of hydrogen-bond donors (Lipinski definition) is 0. The van der Waals surface area contributed by atoms with E-state index in [0.29, 0.717) is 16.6 Å². The van der Waals surface area contributed by atoms with Crippen molar-refractivity contribution in [1.29, 1.82) is 0 Å². The molecule has 15 heavy (non-hydrogen) atoms. The van der Waals surface area contributed by atoms with Crippen molar-refractivity contribution in [2.75, 3.05) is 0 Å². The minimum absolute atomic E-state index is 0.581. The molecule has 2 aromatic rings. The minimum Gasteiger partial charge on any atom is -0.268 e. The monoisotopic (exact) mass is 240 g/mol. The van der Waals surface area contributed by atoms with Crippen LogP contribution in [0.5, 0.6) is 0 Å². The Balaban J connectivity index is 2.21. The summed E-state index contributed by atoms with van der Waals surface area (Å²) in [6, 6.07) is 7.58. The van der Waals surface area contributed by atoms with Gasteiger partial charge in [0.25, 0.3) is 0 Å². The van der Waals surface area contributed by atoms with Crippen molar-refractivity contribution in [2.24, 2.45) is 0 Å². The van der Waals surface area contributed by atoms with E-state index in [2.05, 4.69) is 5.10 Å². The SMILES string of the molecule is Cc1ccn(Cc2ccc(Cl)c(Cl)c2)n1. The van der Waals surface area contributed by atoms with Crippen molar-refractivity contribution >= 4 is 23.2 Å². The number of hydrogen-bond acceptors (Lipinski definition) is 1. The molecule has 1 aromatic heterocycles. The van der Waals surface area contributed by atoms with Crippen molar-refractivity contribution in [2.45, 2.75) is 13.5 Å². The fraction of sp³-hybridized carbons (Fsp3) is 0.182. The van der Waals surface area contributed by atoms with Gasteiger partial charge in [0.2, 0.25) is 0 Å². The van der Waals surface area contributed by atoms with Crippen molar-refractivity contribution in [3.8, 4) is 0 Å². The van der Waals surface area contributed by atoms with Crippen LogP contribution in [0.4, 0.5) is 0 Å². The standard InChI is InChI=1S/C11H10Cl2N2/c1-8-4-5-15(14-8)7-9-2-3-10(12)11(13)6-9/h2-6H,7H2,1H3. The largest absolute Gasteiger partial charge is 0.268 e. The van der Waals surface area contributed by atoms with Crippen LogP contribution in [0.15, 0.2) is 30.5 Å². The van der Waals surface area contributed by atoms with Crippen LogP contribution in [0.1, 0.15) is 11.3 Å². The van der Waals surface area contributed by atoms with Gasteiger partial charge in [0.05, 0.1) is 22.3 Å². The number of aromatic nitrogens is 2. The van der Waals surface area contributed by atoms with E-state index in [1.807, 2.05) is 36.0 Å². The highest BCUT2D eigenvalue weighted by Gasteiger charge is 2.01. The predicted octanol–water partition coefficient (Wildman–Crippen LogP) is 3.55. The molecule has 2 nitrogen and oxygen atoms in total. The van der Waals surface area contributed by atoms with Crippen LogP contribution in [-0.2, 0) is 6.54 Å². The van der Waals surface area contributed by atoms with Crippen LogP contribution in [-0.4, -0.2) is 9.78 Å². The van der Waals surface area contributed by atoms with Gasteiger partial charge in [-0.3, -0.25) is 4.68 Å². The molecule has 4 heteroatoms. The maximum atomic E-state index is 5.92. The molecule has 0 aliphatic carbocycles. The van der Waals surface area contributed by atoms with E-state index >= 15 is 0 Å². The molecule has 0 saturated carbocycles. The van der Waals surface area contributed by atoms with Gasteiger partial charge in [-0.25, -0.2) is 0 Å². The zero-order valence-corrected chi connectivity index (χ0v) is 9.76. The normalized spacial score (nSPS) is 10.6. The molecule has 0 aliphatic rings. The van der Waals surface area contributed by atoms with E-state index in [1.54, 1.807) is 6.07 Å². The average Bonchev–Trinajstić information content (AvgIpc) is 2.58. The summed E-state index contributed by atoms with van der Waals surface area (Å²) in [5.74, 6) is 0. The second kappa shape index (κ2) is 4.25. The van der Waals surface area contributed by atoms with Gasteiger partial charge in [0.15, 0.2) is 0 Å². The summed E-state index contributed by atoms with van der Waals surface area (Å²) in [5.41, 5.74) is 2.10. The average molecular weight is 241 g/mol. The molecular weight excluding hydrogens is 231 g/mol. The number of nitrogens with zero attached hydrogens (tertiary/aromatic N) is 2.